The molecular formula is C14H22ClN3. The van der Waals surface area contributed by atoms with Crippen LogP contribution in [0.1, 0.15) is 18.9 Å². The molecule has 0 radical (unpaired) electrons. The number of hydrogen-bond acceptors (Lipinski definition) is 3. The molecular weight excluding hydrogens is 246 g/mol. The largest absolute Gasteiger partial charge is 0.367 e. The van der Waals surface area contributed by atoms with Gasteiger partial charge in [-0.2, -0.15) is 0 Å². The van der Waals surface area contributed by atoms with E-state index in [1.807, 2.05) is 12.1 Å². The Morgan fingerprint density at radius 2 is 2.17 bits per heavy atom. The van der Waals surface area contributed by atoms with E-state index in [9.17, 15) is 0 Å². The Hall–Kier alpha value is -0.770. The second kappa shape index (κ2) is 5.91. The first kappa shape index (κ1) is 13.7. The lowest BCUT2D eigenvalue weighted by Gasteiger charge is -2.32. The van der Waals surface area contributed by atoms with Crippen LogP contribution in [0.15, 0.2) is 18.2 Å². The minimum atomic E-state index is 0.487. The van der Waals surface area contributed by atoms with E-state index in [0.717, 1.165) is 30.2 Å². The Kier molecular flexibility index (Phi) is 4.49. The molecule has 18 heavy (non-hydrogen) atoms. The van der Waals surface area contributed by atoms with Crippen molar-refractivity contribution in [2.24, 2.45) is 5.73 Å². The van der Waals surface area contributed by atoms with Gasteiger partial charge in [-0.1, -0.05) is 17.7 Å². The topological polar surface area (TPSA) is 32.5 Å². The van der Waals surface area contributed by atoms with Crippen molar-refractivity contribution in [2.75, 3.05) is 31.6 Å². The monoisotopic (exact) mass is 267 g/mol. The van der Waals surface area contributed by atoms with E-state index in [0.29, 0.717) is 12.6 Å². The van der Waals surface area contributed by atoms with Crippen LogP contribution in [0.5, 0.6) is 0 Å². The highest BCUT2D eigenvalue weighted by Gasteiger charge is 2.22. The van der Waals surface area contributed by atoms with Crippen molar-refractivity contribution in [3.63, 3.8) is 0 Å². The number of likely N-dealkylation sites (N-methyl/N-ethyl adjacent to an activating group) is 1. The predicted molar refractivity (Wildman–Crippen MR) is 78.3 cm³/mol. The third-order valence-electron chi connectivity index (χ3n) is 3.65. The molecule has 1 saturated heterocycles. The molecule has 0 saturated carbocycles. The van der Waals surface area contributed by atoms with Gasteiger partial charge in [0.25, 0.3) is 0 Å². The molecule has 1 atom stereocenters. The first-order valence-electron chi connectivity index (χ1n) is 6.56. The molecule has 0 amide bonds. The molecule has 1 aromatic rings. The highest BCUT2D eigenvalue weighted by Crippen LogP contribution is 2.29. The van der Waals surface area contributed by atoms with Gasteiger partial charge in [0.15, 0.2) is 0 Å². The summed E-state index contributed by atoms with van der Waals surface area (Å²) >= 11 is 6.25. The van der Waals surface area contributed by atoms with Gasteiger partial charge in [0.1, 0.15) is 0 Å². The fourth-order valence-corrected chi connectivity index (χ4v) is 3.00. The minimum absolute atomic E-state index is 0.487. The first-order chi connectivity index (χ1) is 8.63. The average Bonchev–Trinajstić information content (AvgIpc) is 2.49. The third-order valence-corrected chi connectivity index (χ3v) is 4.01. The predicted octanol–water partition coefficient (Wildman–Crippen LogP) is 2.33. The van der Waals surface area contributed by atoms with Gasteiger partial charge in [-0.15, -0.1) is 0 Å². The number of anilines is 1. The van der Waals surface area contributed by atoms with Crippen LogP contribution in [-0.4, -0.2) is 37.6 Å². The average molecular weight is 268 g/mol. The number of benzene rings is 1. The molecule has 1 fully saturated rings. The van der Waals surface area contributed by atoms with Crippen LogP contribution >= 0.6 is 11.6 Å². The molecule has 0 aliphatic carbocycles. The Morgan fingerprint density at radius 3 is 2.89 bits per heavy atom. The second-order valence-corrected chi connectivity index (χ2v) is 5.51. The number of nitrogens with two attached hydrogens (primary N) is 1. The summed E-state index contributed by atoms with van der Waals surface area (Å²) < 4.78 is 0. The van der Waals surface area contributed by atoms with Gasteiger partial charge in [0.2, 0.25) is 0 Å². The fraction of sp³-hybridized carbons (Fsp3) is 0.571. The van der Waals surface area contributed by atoms with E-state index >= 15 is 0 Å². The second-order valence-electron chi connectivity index (χ2n) is 5.10. The lowest BCUT2D eigenvalue weighted by molar-refractivity contribution is 0.337. The summed E-state index contributed by atoms with van der Waals surface area (Å²) in [6, 6.07) is 6.55. The van der Waals surface area contributed by atoms with Crippen molar-refractivity contribution >= 4 is 17.3 Å². The lowest BCUT2D eigenvalue weighted by atomic mass is 10.1. The van der Waals surface area contributed by atoms with Gasteiger partial charge in [-0.25, -0.2) is 0 Å². The molecule has 0 aromatic heterocycles. The molecule has 4 heteroatoms. The number of rotatable bonds is 2. The molecule has 1 aromatic carbocycles. The zero-order valence-electron chi connectivity index (χ0n) is 11.2. The maximum absolute atomic E-state index is 6.25. The van der Waals surface area contributed by atoms with Gasteiger partial charge < -0.3 is 15.5 Å². The summed E-state index contributed by atoms with van der Waals surface area (Å²) in [7, 11) is 2.18. The smallest absolute Gasteiger partial charge is 0.0471 e. The maximum Gasteiger partial charge on any atom is 0.0471 e. The fourth-order valence-electron chi connectivity index (χ4n) is 2.75. The summed E-state index contributed by atoms with van der Waals surface area (Å²) in [5, 5.41) is 0.778. The molecule has 0 spiro atoms. The molecule has 2 N–H and O–H groups in total. The summed E-state index contributed by atoms with van der Waals surface area (Å²) in [6.45, 7) is 6.06. The molecule has 100 valence electrons. The van der Waals surface area contributed by atoms with Crippen molar-refractivity contribution in [2.45, 2.75) is 25.9 Å². The highest BCUT2D eigenvalue weighted by atomic mass is 35.5. The van der Waals surface area contributed by atoms with Crippen LogP contribution in [0.4, 0.5) is 5.69 Å². The molecule has 1 aliphatic rings. The Morgan fingerprint density at radius 1 is 1.39 bits per heavy atom. The standard InChI is InChI=1S/C14H22ClN3/c1-11-10-17(2)7-4-8-18(11)14-6-3-5-13(15)12(14)9-16/h3,5-6,11H,4,7-10,16H2,1-2H3. The van der Waals surface area contributed by atoms with E-state index in [1.165, 1.54) is 12.1 Å². The Labute approximate surface area is 115 Å². The first-order valence-corrected chi connectivity index (χ1v) is 6.94. The van der Waals surface area contributed by atoms with Crippen molar-refractivity contribution in [1.29, 1.82) is 0 Å². The van der Waals surface area contributed by atoms with Gasteiger partial charge in [0.05, 0.1) is 0 Å². The van der Waals surface area contributed by atoms with Gasteiger partial charge >= 0.3 is 0 Å². The van der Waals surface area contributed by atoms with Crippen LogP contribution < -0.4 is 10.6 Å². The quantitative estimate of drug-likeness (QED) is 0.893. The number of halogens is 1. The van der Waals surface area contributed by atoms with E-state index < -0.39 is 0 Å². The normalized spacial score (nSPS) is 22.0. The molecule has 3 nitrogen and oxygen atoms in total. The summed E-state index contributed by atoms with van der Waals surface area (Å²) in [5.41, 5.74) is 8.12. The molecule has 1 aliphatic heterocycles. The summed E-state index contributed by atoms with van der Waals surface area (Å²) in [6.07, 6.45) is 1.18. The molecule has 1 heterocycles. The van der Waals surface area contributed by atoms with Gasteiger partial charge in [-0.05, 0) is 39.1 Å². The summed E-state index contributed by atoms with van der Waals surface area (Å²) in [5.74, 6) is 0. The zero-order valence-corrected chi connectivity index (χ0v) is 12.0. The molecule has 0 bridgehead atoms. The SMILES string of the molecule is CC1CN(C)CCCN1c1cccc(Cl)c1CN. The van der Waals surface area contributed by atoms with Crippen molar-refractivity contribution < 1.29 is 0 Å². The minimum Gasteiger partial charge on any atom is -0.367 e. The van der Waals surface area contributed by atoms with Crippen LogP contribution in [0.2, 0.25) is 5.02 Å². The van der Waals surface area contributed by atoms with Gasteiger partial charge in [-0.3, -0.25) is 0 Å². The van der Waals surface area contributed by atoms with Crippen LogP contribution in [0.25, 0.3) is 0 Å². The maximum atomic E-state index is 6.25. The molecule has 2 rings (SSSR count). The third kappa shape index (κ3) is 2.79. The number of nitrogens with zero attached hydrogens (tertiary/aromatic N) is 2. The summed E-state index contributed by atoms with van der Waals surface area (Å²) in [4.78, 5) is 4.83. The van der Waals surface area contributed by atoms with Crippen LogP contribution in [0.3, 0.4) is 0 Å². The lowest BCUT2D eigenvalue weighted by Crippen LogP contribution is -2.38. The zero-order chi connectivity index (χ0) is 13.1. The Balaban J connectivity index is 2.32. The van der Waals surface area contributed by atoms with E-state index in [2.05, 4.69) is 29.8 Å². The Bertz CT molecular complexity index is 408. The van der Waals surface area contributed by atoms with Crippen molar-refractivity contribution in [3.8, 4) is 0 Å². The number of hydrogen-bond donors (Lipinski definition) is 1. The molecule has 1 unspecified atom stereocenters. The van der Waals surface area contributed by atoms with E-state index in [-0.39, 0.29) is 0 Å². The van der Waals surface area contributed by atoms with Crippen LogP contribution in [-0.2, 0) is 6.54 Å². The van der Waals surface area contributed by atoms with E-state index in [1.54, 1.807) is 0 Å². The van der Waals surface area contributed by atoms with Crippen molar-refractivity contribution in [3.05, 3.63) is 28.8 Å². The van der Waals surface area contributed by atoms with Gasteiger partial charge in [0, 0.05) is 41.9 Å². The van der Waals surface area contributed by atoms with Crippen molar-refractivity contribution in [1.82, 2.24) is 4.90 Å². The van der Waals surface area contributed by atoms with Crippen LogP contribution in [0, 0.1) is 0 Å². The van der Waals surface area contributed by atoms with E-state index in [4.69, 9.17) is 17.3 Å². The highest BCUT2D eigenvalue weighted by molar-refractivity contribution is 6.31.